The fourth-order valence-electron chi connectivity index (χ4n) is 9.60. The van der Waals surface area contributed by atoms with E-state index in [1.165, 1.54) is 0 Å². The van der Waals surface area contributed by atoms with Crippen LogP contribution in [0.3, 0.4) is 0 Å². The minimum Gasteiger partial charge on any atom is -0.487 e. The molecular formula is C60H42N2O6S. The van der Waals surface area contributed by atoms with Crippen LogP contribution in [0.2, 0.25) is 0 Å². The van der Waals surface area contributed by atoms with Crippen molar-refractivity contribution in [3.8, 4) is 55.4 Å². The van der Waals surface area contributed by atoms with E-state index in [4.69, 9.17) is 37.7 Å². The highest BCUT2D eigenvalue weighted by Gasteiger charge is 2.26. The van der Waals surface area contributed by atoms with Crippen LogP contribution in [0.4, 0.5) is 0 Å². The lowest BCUT2D eigenvalue weighted by Crippen LogP contribution is -2.06. The number of furan rings is 2. The summed E-state index contributed by atoms with van der Waals surface area (Å²) in [6.07, 6.45) is -0.0586. The van der Waals surface area contributed by atoms with Crippen LogP contribution in [0.5, 0.6) is 34.5 Å². The number of hydrogen-bond acceptors (Lipinski definition) is 9. The van der Waals surface area contributed by atoms with Crippen molar-refractivity contribution in [2.75, 3.05) is 0 Å². The monoisotopic (exact) mass is 918 g/mol. The second-order valence-electron chi connectivity index (χ2n) is 17.8. The number of rotatable bonds is 10. The van der Waals surface area contributed by atoms with Crippen LogP contribution in [0.1, 0.15) is 27.7 Å². The van der Waals surface area contributed by atoms with E-state index in [1.54, 1.807) is 11.3 Å². The lowest BCUT2D eigenvalue weighted by molar-refractivity contribution is 0.233. The highest BCUT2D eigenvalue weighted by atomic mass is 32.1. The normalized spacial score (nSPS) is 12.0. The molecule has 13 rings (SSSR count). The molecule has 13 aromatic rings. The van der Waals surface area contributed by atoms with Crippen LogP contribution in [-0.2, 0) is 0 Å². The SMILES string of the molecule is CC(C)Oc1ccccc1Oc1ccc2c3ccc(Oc4ccccc4OC(C)C)cc3c3nc4c(-c5cccc6c5oc5ccccc56)sc(-c5cccc6c5oc5ccccc56)c4nc3c2c1. The van der Waals surface area contributed by atoms with Crippen molar-refractivity contribution in [3.63, 3.8) is 0 Å². The zero-order valence-corrected chi connectivity index (χ0v) is 38.9. The van der Waals surface area contributed by atoms with Gasteiger partial charge in [-0.2, -0.15) is 0 Å². The average Bonchev–Trinajstić information content (AvgIpc) is 4.06. The van der Waals surface area contributed by atoms with E-state index >= 15 is 0 Å². The Morgan fingerprint density at radius 1 is 0.377 bits per heavy atom. The largest absolute Gasteiger partial charge is 0.487 e. The van der Waals surface area contributed by atoms with Crippen LogP contribution < -0.4 is 18.9 Å². The number of benzene rings is 9. The summed E-state index contributed by atoms with van der Waals surface area (Å²) in [5, 5.41) is 7.93. The van der Waals surface area contributed by atoms with E-state index in [0.29, 0.717) is 45.5 Å². The molecule has 0 bridgehead atoms. The zero-order chi connectivity index (χ0) is 46.3. The molecule has 0 amide bonds. The van der Waals surface area contributed by atoms with Gasteiger partial charge in [0.1, 0.15) is 44.9 Å². The van der Waals surface area contributed by atoms with Crippen molar-refractivity contribution in [2.24, 2.45) is 0 Å². The third-order valence-electron chi connectivity index (χ3n) is 12.5. The minimum atomic E-state index is -0.0293. The van der Waals surface area contributed by atoms with Gasteiger partial charge in [0.05, 0.1) is 33.0 Å². The molecule has 0 aliphatic rings. The molecule has 334 valence electrons. The van der Waals surface area contributed by atoms with Crippen molar-refractivity contribution in [1.29, 1.82) is 0 Å². The lowest BCUT2D eigenvalue weighted by Gasteiger charge is -2.16. The quantitative estimate of drug-likeness (QED) is 0.125. The molecule has 0 saturated carbocycles. The third kappa shape index (κ3) is 6.87. The van der Waals surface area contributed by atoms with Gasteiger partial charge in [0, 0.05) is 43.4 Å². The van der Waals surface area contributed by atoms with Gasteiger partial charge in [0.2, 0.25) is 0 Å². The first-order valence-corrected chi connectivity index (χ1v) is 24.0. The Morgan fingerprint density at radius 3 is 1.23 bits per heavy atom. The number of fused-ring (bicyclic) bond motifs is 13. The Balaban J connectivity index is 1.11. The predicted molar refractivity (Wildman–Crippen MR) is 280 cm³/mol. The summed E-state index contributed by atoms with van der Waals surface area (Å²) >= 11 is 1.65. The van der Waals surface area contributed by atoms with Gasteiger partial charge in [-0.05, 0) is 123 Å². The molecule has 0 aliphatic carbocycles. The summed E-state index contributed by atoms with van der Waals surface area (Å²) in [6.45, 7) is 8.03. The maximum atomic E-state index is 6.72. The Bertz CT molecular complexity index is 3920. The minimum absolute atomic E-state index is 0.0293. The van der Waals surface area contributed by atoms with Crippen molar-refractivity contribution in [3.05, 3.63) is 170 Å². The Kier molecular flexibility index (Phi) is 9.55. The first kappa shape index (κ1) is 40.8. The van der Waals surface area contributed by atoms with E-state index in [9.17, 15) is 0 Å². The third-order valence-corrected chi connectivity index (χ3v) is 13.7. The predicted octanol–water partition coefficient (Wildman–Crippen LogP) is 17.4. The van der Waals surface area contributed by atoms with Gasteiger partial charge >= 0.3 is 0 Å². The molecule has 8 nitrogen and oxygen atoms in total. The highest BCUT2D eigenvalue weighted by Crippen LogP contribution is 2.50. The van der Waals surface area contributed by atoms with Crippen LogP contribution in [-0.4, -0.2) is 22.2 Å². The second kappa shape index (κ2) is 16.1. The van der Waals surface area contributed by atoms with Crippen molar-refractivity contribution in [1.82, 2.24) is 9.97 Å². The number of hydrogen-bond donors (Lipinski definition) is 0. The molecule has 9 heteroatoms. The Labute approximate surface area is 399 Å². The Hall–Kier alpha value is -8.40. The first-order chi connectivity index (χ1) is 33.8. The summed E-state index contributed by atoms with van der Waals surface area (Å²) in [5.41, 5.74) is 8.03. The maximum Gasteiger partial charge on any atom is 0.169 e. The first-order valence-electron chi connectivity index (χ1n) is 23.1. The molecular weight excluding hydrogens is 877 g/mol. The van der Waals surface area contributed by atoms with Gasteiger partial charge in [-0.1, -0.05) is 84.9 Å². The van der Waals surface area contributed by atoms with Gasteiger partial charge in [0.25, 0.3) is 0 Å². The molecule has 0 saturated heterocycles. The molecule has 4 heterocycles. The molecule has 0 unspecified atom stereocenters. The van der Waals surface area contributed by atoms with E-state index in [-0.39, 0.29) is 12.2 Å². The summed E-state index contributed by atoms with van der Waals surface area (Å²) < 4.78 is 39.1. The zero-order valence-electron chi connectivity index (χ0n) is 38.1. The van der Waals surface area contributed by atoms with E-state index in [0.717, 1.165) is 97.3 Å². The molecule has 0 N–H and O–H groups in total. The molecule has 0 fully saturated rings. The van der Waals surface area contributed by atoms with Crippen LogP contribution in [0.25, 0.3) is 108 Å². The van der Waals surface area contributed by atoms with Crippen molar-refractivity contribution in [2.45, 2.75) is 39.9 Å². The van der Waals surface area contributed by atoms with Crippen molar-refractivity contribution >= 4 is 98.8 Å². The molecule has 0 atom stereocenters. The fraction of sp³-hybridized carbons (Fsp3) is 0.100. The molecule has 0 aliphatic heterocycles. The molecule has 0 spiro atoms. The van der Waals surface area contributed by atoms with Gasteiger partial charge in [0.15, 0.2) is 23.0 Å². The highest BCUT2D eigenvalue weighted by molar-refractivity contribution is 7.21. The molecule has 4 aromatic heterocycles. The summed E-state index contributed by atoms with van der Waals surface area (Å²) in [4.78, 5) is 13.4. The Morgan fingerprint density at radius 2 is 0.783 bits per heavy atom. The van der Waals surface area contributed by atoms with Crippen molar-refractivity contribution < 1.29 is 27.8 Å². The van der Waals surface area contributed by atoms with Gasteiger partial charge in [-0.25, -0.2) is 9.97 Å². The van der Waals surface area contributed by atoms with E-state index in [2.05, 4.69) is 72.8 Å². The maximum absolute atomic E-state index is 6.72. The van der Waals surface area contributed by atoms with E-state index in [1.807, 2.05) is 125 Å². The number of para-hydroxylation sites is 8. The number of aromatic nitrogens is 2. The summed E-state index contributed by atoms with van der Waals surface area (Å²) in [6, 6.07) is 56.9. The molecule has 69 heavy (non-hydrogen) atoms. The van der Waals surface area contributed by atoms with E-state index < -0.39 is 0 Å². The number of thiophene rings is 1. The second-order valence-corrected chi connectivity index (χ2v) is 18.8. The van der Waals surface area contributed by atoms with Crippen LogP contribution in [0, 0.1) is 0 Å². The standard InChI is InChI=1S/C60H42N2O6S/c1-33(2)63-49-23-9-11-25-51(49)65-35-27-29-37-38-30-28-36(66-52-26-12-10-24-50(52)64-34(3)4)32-46(38)54-53(45(37)31-35)61-55-56(62-54)60(44-20-14-18-42-40-16-6-8-22-48(40)68-58(42)44)69-59(55)43-19-13-17-41-39-15-5-7-21-47(39)67-57(41)43/h5-34H,1-4H3. The smallest absolute Gasteiger partial charge is 0.169 e. The number of nitrogens with zero attached hydrogens (tertiary/aromatic N) is 2. The summed E-state index contributed by atoms with van der Waals surface area (Å²) in [7, 11) is 0. The van der Waals surface area contributed by atoms with Gasteiger partial charge in [-0.15, -0.1) is 11.3 Å². The average molecular weight is 919 g/mol. The molecule has 0 radical (unpaired) electrons. The van der Waals surface area contributed by atoms with Crippen LogP contribution >= 0.6 is 11.3 Å². The summed E-state index contributed by atoms with van der Waals surface area (Å²) in [5.74, 6) is 3.86. The number of ether oxygens (including phenoxy) is 4. The van der Waals surface area contributed by atoms with Crippen LogP contribution in [0.15, 0.2) is 179 Å². The topological polar surface area (TPSA) is 89.0 Å². The fourth-order valence-corrected chi connectivity index (χ4v) is 10.8. The van der Waals surface area contributed by atoms with Gasteiger partial charge in [-0.3, -0.25) is 0 Å². The lowest BCUT2D eigenvalue weighted by atomic mass is 9.98. The molecule has 9 aromatic carbocycles. The van der Waals surface area contributed by atoms with Gasteiger partial charge < -0.3 is 27.8 Å².